The van der Waals surface area contributed by atoms with E-state index in [4.69, 9.17) is 17.0 Å². The van der Waals surface area contributed by atoms with Gasteiger partial charge in [0, 0.05) is 42.3 Å². The molecule has 4 aromatic rings. The molecule has 1 saturated heterocycles. The number of thiocarbonyl (C=S) groups is 1. The standard InChI is InChI=1S/C27H24FN5O2S/c1-35-17-24(34)30-19-9-13-21(14-10-19)33-26(25(31-27(33)36)22-5-2-3-15-29-22)23-6-4-16-32(23)20-11-7-18(28)8-12-20/h2-16,25-26H,17H2,1H3,(H,30,34)(H,31,36)/t25-,26+/m0/s1. The van der Waals surface area contributed by atoms with E-state index in [9.17, 15) is 9.18 Å². The summed E-state index contributed by atoms with van der Waals surface area (Å²) in [5.74, 6) is -0.518. The lowest BCUT2D eigenvalue weighted by molar-refractivity contribution is -0.119. The van der Waals surface area contributed by atoms with E-state index in [1.807, 2.05) is 70.3 Å². The fraction of sp³-hybridized carbons (Fsp3) is 0.148. The minimum absolute atomic E-state index is 0.0178. The fourth-order valence-corrected chi connectivity index (χ4v) is 4.78. The lowest BCUT2D eigenvalue weighted by Gasteiger charge is -2.29. The van der Waals surface area contributed by atoms with Crippen LogP contribution in [0.2, 0.25) is 0 Å². The number of pyridine rings is 1. The number of rotatable bonds is 7. The molecule has 0 aliphatic carbocycles. The van der Waals surface area contributed by atoms with E-state index in [1.165, 1.54) is 19.2 Å². The van der Waals surface area contributed by atoms with Crippen molar-refractivity contribution in [3.8, 4) is 5.69 Å². The van der Waals surface area contributed by atoms with Crippen molar-refractivity contribution in [3.63, 3.8) is 0 Å². The Morgan fingerprint density at radius 3 is 2.50 bits per heavy atom. The van der Waals surface area contributed by atoms with Crippen molar-refractivity contribution >= 4 is 34.6 Å². The summed E-state index contributed by atoms with van der Waals surface area (Å²) in [4.78, 5) is 18.5. The van der Waals surface area contributed by atoms with Gasteiger partial charge in [-0.15, -0.1) is 0 Å². The van der Waals surface area contributed by atoms with E-state index in [0.29, 0.717) is 10.8 Å². The number of methoxy groups -OCH3 is 1. The summed E-state index contributed by atoms with van der Waals surface area (Å²) in [6.07, 6.45) is 3.71. The number of carbonyl (C=O) groups excluding carboxylic acids is 1. The Balaban J connectivity index is 1.55. The van der Waals surface area contributed by atoms with E-state index in [2.05, 4.69) is 15.6 Å². The van der Waals surface area contributed by atoms with Gasteiger partial charge in [0.1, 0.15) is 18.5 Å². The Labute approximate surface area is 213 Å². The summed E-state index contributed by atoms with van der Waals surface area (Å²) in [5, 5.41) is 6.80. The summed E-state index contributed by atoms with van der Waals surface area (Å²) in [6, 6.07) is 23.2. The van der Waals surface area contributed by atoms with Gasteiger partial charge in [-0.1, -0.05) is 6.07 Å². The Hall–Kier alpha value is -4.08. The first-order chi connectivity index (χ1) is 17.5. The minimum atomic E-state index is -0.290. The smallest absolute Gasteiger partial charge is 0.250 e. The molecular formula is C27H24FN5O2S. The zero-order valence-electron chi connectivity index (χ0n) is 19.5. The monoisotopic (exact) mass is 501 g/mol. The van der Waals surface area contributed by atoms with Gasteiger partial charge in [-0.2, -0.15) is 0 Å². The van der Waals surface area contributed by atoms with Crippen molar-refractivity contribution < 1.29 is 13.9 Å². The first-order valence-corrected chi connectivity index (χ1v) is 11.8. The van der Waals surface area contributed by atoms with Crippen molar-refractivity contribution in [3.05, 3.63) is 108 Å². The molecule has 7 nitrogen and oxygen atoms in total. The van der Waals surface area contributed by atoms with E-state index in [0.717, 1.165) is 22.8 Å². The third-order valence-corrected chi connectivity index (χ3v) is 6.31. The SMILES string of the molecule is COCC(=O)Nc1ccc(N2C(=S)N[C@@H](c3ccccn3)[C@H]2c2cccn2-c2ccc(F)cc2)cc1. The van der Waals surface area contributed by atoms with Crippen molar-refractivity contribution in [1.82, 2.24) is 14.9 Å². The second-order valence-corrected chi connectivity index (χ2v) is 8.69. The number of anilines is 2. The molecule has 5 rings (SSSR count). The van der Waals surface area contributed by atoms with Crippen LogP contribution in [0.25, 0.3) is 5.69 Å². The van der Waals surface area contributed by atoms with Crippen LogP contribution in [-0.2, 0) is 9.53 Å². The average Bonchev–Trinajstić information content (AvgIpc) is 3.50. The van der Waals surface area contributed by atoms with Crippen LogP contribution in [0, 0.1) is 5.82 Å². The molecule has 1 fully saturated rings. The van der Waals surface area contributed by atoms with Gasteiger partial charge in [-0.25, -0.2) is 4.39 Å². The third kappa shape index (κ3) is 4.71. The van der Waals surface area contributed by atoms with Crippen molar-refractivity contribution in [2.45, 2.75) is 12.1 Å². The normalized spacial score (nSPS) is 17.2. The summed E-state index contributed by atoms with van der Waals surface area (Å²) in [6.45, 7) is -0.0178. The van der Waals surface area contributed by atoms with Crippen molar-refractivity contribution in [1.29, 1.82) is 0 Å². The molecular weight excluding hydrogens is 477 g/mol. The molecule has 36 heavy (non-hydrogen) atoms. The molecule has 2 N–H and O–H groups in total. The molecule has 9 heteroatoms. The Morgan fingerprint density at radius 2 is 1.81 bits per heavy atom. The molecule has 2 atom stereocenters. The van der Waals surface area contributed by atoms with Gasteiger partial charge in [0.05, 0.1) is 11.7 Å². The van der Waals surface area contributed by atoms with Crippen LogP contribution < -0.4 is 15.5 Å². The molecule has 2 aromatic heterocycles. The molecule has 3 heterocycles. The van der Waals surface area contributed by atoms with Gasteiger partial charge in [-0.05, 0) is 85.0 Å². The average molecular weight is 502 g/mol. The Morgan fingerprint density at radius 1 is 1.06 bits per heavy atom. The van der Waals surface area contributed by atoms with Gasteiger partial charge in [0.25, 0.3) is 0 Å². The summed E-state index contributed by atoms with van der Waals surface area (Å²) in [5.41, 5.74) is 4.16. The second-order valence-electron chi connectivity index (χ2n) is 8.30. The van der Waals surface area contributed by atoms with Gasteiger partial charge >= 0.3 is 0 Å². The maximum atomic E-state index is 13.6. The lowest BCUT2D eigenvalue weighted by atomic mass is 10.0. The Kier molecular flexibility index (Phi) is 6.75. The van der Waals surface area contributed by atoms with Gasteiger partial charge < -0.3 is 24.8 Å². The highest BCUT2D eigenvalue weighted by molar-refractivity contribution is 7.80. The van der Waals surface area contributed by atoms with Crippen LogP contribution in [0.1, 0.15) is 23.5 Å². The highest BCUT2D eigenvalue weighted by atomic mass is 32.1. The Bertz CT molecular complexity index is 1360. The number of ether oxygens (including phenoxy) is 1. The minimum Gasteiger partial charge on any atom is -0.375 e. The van der Waals surface area contributed by atoms with Crippen molar-refractivity contribution in [2.75, 3.05) is 23.9 Å². The first kappa shape index (κ1) is 23.7. The molecule has 0 unspecified atom stereocenters. The molecule has 0 saturated carbocycles. The zero-order chi connectivity index (χ0) is 25.1. The summed E-state index contributed by atoms with van der Waals surface area (Å²) in [7, 11) is 1.48. The van der Waals surface area contributed by atoms with Crippen LogP contribution in [0.3, 0.4) is 0 Å². The van der Waals surface area contributed by atoms with Crippen molar-refractivity contribution in [2.24, 2.45) is 0 Å². The van der Waals surface area contributed by atoms with Crippen LogP contribution in [0.5, 0.6) is 0 Å². The van der Waals surface area contributed by atoms with Gasteiger partial charge in [0.15, 0.2) is 5.11 Å². The number of hydrogen-bond donors (Lipinski definition) is 2. The van der Waals surface area contributed by atoms with E-state index >= 15 is 0 Å². The molecule has 2 aromatic carbocycles. The molecule has 1 aliphatic rings. The number of halogens is 1. The zero-order valence-corrected chi connectivity index (χ0v) is 20.3. The number of amides is 1. The van der Waals surface area contributed by atoms with Crippen LogP contribution in [0.4, 0.5) is 15.8 Å². The molecule has 1 aliphatic heterocycles. The molecule has 1 amide bonds. The number of hydrogen-bond acceptors (Lipinski definition) is 4. The van der Waals surface area contributed by atoms with Gasteiger partial charge in [0.2, 0.25) is 5.91 Å². The third-order valence-electron chi connectivity index (χ3n) is 5.99. The second kappa shape index (κ2) is 10.3. The molecule has 0 radical (unpaired) electrons. The maximum Gasteiger partial charge on any atom is 0.250 e. The quantitative estimate of drug-likeness (QED) is 0.356. The highest BCUT2D eigenvalue weighted by Gasteiger charge is 2.42. The first-order valence-electron chi connectivity index (χ1n) is 11.4. The topological polar surface area (TPSA) is 71.4 Å². The van der Waals surface area contributed by atoms with Crippen LogP contribution >= 0.6 is 12.2 Å². The molecule has 0 spiro atoms. The fourth-order valence-electron chi connectivity index (χ4n) is 4.44. The predicted molar refractivity (Wildman–Crippen MR) is 141 cm³/mol. The van der Waals surface area contributed by atoms with Gasteiger partial charge in [-0.3, -0.25) is 9.78 Å². The number of benzene rings is 2. The maximum absolute atomic E-state index is 13.6. The summed E-state index contributed by atoms with van der Waals surface area (Å²) < 4.78 is 20.5. The lowest BCUT2D eigenvalue weighted by Crippen LogP contribution is -2.30. The number of nitrogens with zero attached hydrogens (tertiary/aromatic N) is 3. The van der Waals surface area contributed by atoms with Crippen LogP contribution in [0.15, 0.2) is 91.3 Å². The van der Waals surface area contributed by atoms with E-state index < -0.39 is 0 Å². The van der Waals surface area contributed by atoms with Crippen LogP contribution in [-0.4, -0.2) is 34.3 Å². The molecule has 182 valence electrons. The number of nitrogens with one attached hydrogen (secondary N) is 2. The predicted octanol–water partition coefficient (Wildman–Crippen LogP) is 4.77. The number of aromatic nitrogens is 2. The molecule has 0 bridgehead atoms. The summed E-state index contributed by atoms with van der Waals surface area (Å²) >= 11 is 5.81. The largest absolute Gasteiger partial charge is 0.375 e. The van der Waals surface area contributed by atoms with E-state index in [1.54, 1.807) is 18.3 Å². The van der Waals surface area contributed by atoms with E-state index in [-0.39, 0.29) is 30.4 Å². The number of carbonyl (C=O) groups is 1. The highest BCUT2D eigenvalue weighted by Crippen LogP contribution is 2.42.